The van der Waals surface area contributed by atoms with Crippen molar-refractivity contribution < 1.29 is 18.9 Å². The highest BCUT2D eigenvalue weighted by Crippen LogP contribution is 2.34. The Morgan fingerprint density at radius 2 is 1.90 bits per heavy atom. The molecule has 1 aliphatic heterocycles. The van der Waals surface area contributed by atoms with E-state index < -0.39 is 0 Å². The summed E-state index contributed by atoms with van der Waals surface area (Å²) in [5.74, 6) is 2.88. The maximum Gasteiger partial charge on any atom is 0.196 e. The van der Waals surface area contributed by atoms with Crippen LogP contribution in [0.15, 0.2) is 53.7 Å². The summed E-state index contributed by atoms with van der Waals surface area (Å²) in [4.78, 5) is 0. The van der Waals surface area contributed by atoms with Gasteiger partial charge in [-0.3, -0.25) is 4.57 Å². The quantitative estimate of drug-likeness (QED) is 0.546. The Morgan fingerprint density at radius 3 is 2.62 bits per heavy atom. The van der Waals surface area contributed by atoms with Crippen molar-refractivity contribution in [1.29, 1.82) is 0 Å². The van der Waals surface area contributed by atoms with Gasteiger partial charge in [0.2, 0.25) is 0 Å². The summed E-state index contributed by atoms with van der Waals surface area (Å²) in [6, 6.07) is 15.8. The summed E-state index contributed by atoms with van der Waals surface area (Å²) in [5, 5.41) is 9.74. The Hall–Kier alpha value is -2.55. The summed E-state index contributed by atoms with van der Waals surface area (Å²) in [5.41, 5.74) is 1.89. The molecule has 0 spiro atoms. The van der Waals surface area contributed by atoms with Gasteiger partial charge in [0.1, 0.15) is 6.79 Å². The summed E-state index contributed by atoms with van der Waals surface area (Å²) < 4.78 is 23.9. The van der Waals surface area contributed by atoms with Crippen LogP contribution in [0, 0.1) is 0 Å². The van der Waals surface area contributed by atoms with Gasteiger partial charge in [-0.05, 0) is 18.6 Å². The number of hydrogen-bond acceptors (Lipinski definition) is 7. The molecule has 1 fully saturated rings. The predicted octanol–water partition coefficient (Wildman–Crippen LogP) is 3.81. The topological polar surface area (TPSA) is 67.6 Å². The number of nitrogens with zero attached hydrogens (tertiary/aromatic N) is 3. The lowest BCUT2D eigenvalue weighted by Crippen LogP contribution is -2.25. The molecule has 1 atom stereocenters. The molecule has 8 heteroatoms. The third-order valence-corrected chi connectivity index (χ3v) is 5.72. The maximum absolute atomic E-state index is 5.67. The van der Waals surface area contributed by atoms with Crippen molar-refractivity contribution in [2.75, 3.05) is 33.4 Å². The Kier molecular flexibility index (Phi) is 6.33. The first-order chi connectivity index (χ1) is 14.3. The predicted molar refractivity (Wildman–Crippen MR) is 111 cm³/mol. The van der Waals surface area contributed by atoms with Gasteiger partial charge in [-0.1, -0.05) is 42.1 Å². The van der Waals surface area contributed by atoms with Crippen molar-refractivity contribution >= 4 is 11.8 Å². The maximum atomic E-state index is 5.67. The lowest BCUT2D eigenvalue weighted by Gasteiger charge is -2.22. The van der Waals surface area contributed by atoms with Gasteiger partial charge >= 0.3 is 0 Å². The first-order valence-corrected chi connectivity index (χ1v) is 10.3. The number of rotatable bonds is 7. The van der Waals surface area contributed by atoms with Crippen LogP contribution in [0.2, 0.25) is 0 Å². The molecule has 0 amide bonds. The normalized spacial score (nSPS) is 16.6. The first-order valence-electron chi connectivity index (χ1n) is 9.35. The third-order valence-electron chi connectivity index (χ3n) is 4.66. The van der Waals surface area contributed by atoms with Crippen molar-refractivity contribution in [3.8, 4) is 28.6 Å². The van der Waals surface area contributed by atoms with Crippen molar-refractivity contribution in [3.63, 3.8) is 0 Å². The van der Waals surface area contributed by atoms with Gasteiger partial charge in [0, 0.05) is 17.4 Å². The minimum absolute atomic E-state index is 0.143. The number of ether oxygens (including phenoxy) is 4. The highest BCUT2D eigenvalue weighted by molar-refractivity contribution is 7.99. The van der Waals surface area contributed by atoms with Gasteiger partial charge in [-0.25, -0.2) is 0 Å². The van der Waals surface area contributed by atoms with E-state index >= 15 is 0 Å². The molecule has 0 unspecified atom stereocenters. The average molecular weight is 413 g/mol. The molecule has 0 saturated carbocycles. The van der Waals surface area contributed by atoms with E-state index in [9.17, 15) is 0 Å². The van der Waals surface area contributed by atoms with Crippen molar-refractivity contribution in [1.82, 2.24) is 14.8 Å². The van der Waals surface area contributed by atoms with E-state index in [2.05, 4.69) is 10.2 Å². The molecule has 1 aliphatic rings. The molecule has 152 valence electrons. The van der Waals surface area contributed by atoms with Crippen molar-refractivity contribution in [2.45, 2.75) is 17.7 Å². The molecule has 3 aromatic rings. The van der Waals surface area contributed by atoms with E-state index in [1.807, 2.05) is 53.1 Å². The van der Waals surface area contributed by atoms with E-state index in [-0.39, 0.29) is 6.10 Å². The molecule has 29 heavy (non-hydrogen) atoms. The van der Waals surface area contributed by atoms with Crippen molar-refractivity contribution in [2.24, 2.45) is 0 Å². The van der Waals surface area contributed by atoms with Gasteiger partial charge in [0.25, 0.3) is 0 Å². The average Bonchev–Trinajstić information content (AvgIpc) is 3.22. The van der Waals surface area contributed by atoms with Crippen LogP contribution in [0.3, 0.4) is 0 Å². The molecule has 0 aliphatic carbocycles. The second kappa shape index (κ2) is 9.30. The highest BCUT2D eigenvalue weighted by atomic mass is 32.2. The molecule has 7 nitrogen and oxygen atoms in total. The number of hydrogen-bond donors (Lipinski definition) is 0. The smallest absolute Gasteiger partial charge is 0.196 e. The van der Waals surface area contributed by atoms with Crippen LogP contribution in [0.1, 0.15) is 6.42 Å². The molecule has 1 aromatic heterocycles. The number of thioether (sulfide) groups is 1. The van der Waals surface area contributed by atoms with E-state index in [0.717, 1.165) is 41.0 Å². The summed E-state index contributed by atoms with van der Waals surface area (Å²) in [6.07, 6.45) is 1.02. The number of aromatic nitrogens is 3. The monoisotopic (exact) mass is 413 g/mol. The molecule has 0 radical (unpaired) electrons. The van der Waals surface area contributed by atoms with E-state index in [0.29, 0.717) is 18.3 Å². The fourth-order valence-electron chi connectivity index (χ4n) is 3.13. The third kappa shape index (κ3) is 4.39. The van der Waals surface area contributed by atoms with Crippen LogP contribution in [-0.4, -0.2) is 54.2 Å². The second-order valence-corrected chi connectivity index (χ2v) is 7.45. The van der Waals surface area contributed by atoms with Crippen LogP contribution in [-0.2, 0) is 9.47 Å². The molecule has 2 heterocycles. The van der Waals surface area contributed by atoms with Crippen LogP contribution in [0.4, 0.5) is 0 Å². The van der Waals surface area contributed by atoms with E-state index in [1.54, 1.807) is 26.0 Å². The Balaban J connectivity index is 1.71. The lowest BCUT2D eigenvalue weighted by atomic mass is 10.2. The molecule has 4 rings (SSSR count). The summed E-state index contributed by atoms with van der Waals surface area (Å²) in [7, 11) is 3.25. The first kappa shape index (κ1) is 19.8. The standard InChI is InChI=1S/C21H23N3O4S/c1-25-18-9-8-16(12-19(18)26-2)24-20(15-6-4-3-5-7-15)22-23-21(24)29-13-17-10-11-27-14-28-17/h3-9,12,17H,10-11,13-14H2,1-2H3/t17-/m1/s1. The fourth-order valence-corrected chi connectivity index (χ4v) is 4.15. The molecular formula is C21H23N3O4S. The Morgan fingerprint density at radius 1 is 1.07 bits per heavy atom. The highest BCUT2D eigenvalue weighted by Gasteiger charge is 2.20. The summed E-state index contributed by atoms with van der Waals surface area (Å²) in [6.45, 7) is 1.08. The molecule has 0 N–H and O–H groups in total. The van der Waals surface area contributed by atoms with E-state index in [1.165, 1.54) is 0 Å². The van der Waals surface area contributed by atoms with Crippen molar-refractivity contribution in [3.05, 3.63) is 48.5 Å². The summed E-state index contributed by atoms with van der Waals surface area (Å²) >= 11 is 1.62. The van der Waals surface area contributed by atoms with Crippen LogP contribution >= 0.6 is 11.8 Å². The minimum Gasteiger partial charge on any atom is -0.493 e. The SMILES string of the molecule is COc1ccc(-n2c(SC[C@H]3CCOCO3)nnc2-c2ccccc2)cc1OC. The Labute approximate surface area is 173 Å². The zero-order valence-corrected chi connectivity index (χ0v) is 17.2. The van der Waals surface area contributed by atoms with Gasteiger partial charge in [0.05, 0.1) is 32.6 Å². The zero-order valence-electron chi connectivity index (χ0n) is 16.4. The Bertz CT molecular complexity index is 942. The van der Waals surface area contributed by atoms with Gasteiger partial charge in [-0.2, -0.15) is 0 Å². The zero-order chi connectivity index (χ0) is 20.1. The van der Waals surface area contributed by atoms with Gasteiger partial charge in [-0.15, -0.1) is 10.2 Å². The van der Waals surface area contributed by atoms with Crippen LogP contribution < -0.4 is 9.47 Å². The fraction of sp³-hybridized carbons (Fsp3) is 0.333. The molecule has 2 aromatic carbocycles. The molecular weight excluding hydrogens is 390 g/mol. The largest absolute Gasteiger partial charge is 0.493 e. The molecule has 1 saturated heterocycles. The van der Waals surface area contributed by atoms with Gasteiger partial charge in [0.15, 0.2) is 22.5 Å². The van der Waals surface area contributed by atoms with Gasteiger partial charge < -0.3 is 18.9 Å². The van der Waals surface area contributed by atoms with Crippen LogP contribution in [0.5, 0.6) is 11.5 Å². The van der Waals surface area contributed by atoms with Crippen LogP contribution in [0.25, 0.3) is 17.1 Å². The minimum atomic E-state index is 0.143. The lowest BCUT2D eigenvalue weighted by molar-refractivity contribution is -0.130. The number of benzene rings is 2. The second-order valence-electron chi connectivity index (χ2n) is 6.46. The van der Waals surface area contributed by atoms with E-state index in [4.69, 9.17) is 18.9 Å². The molecule has 0 bridgehead atoms. The number of methoxy groups -OCH3 is 2.